The summed E-state index contributed by atoms with van der Waals surface area (Å²) in [5.74, 6) is -0.847. The summed E-state index contributed by atoms with van der Waals surface area (Å²) < 4.78 is 5.35. The zero-order valence-electron chi connectivity index (χ0n) is 17.3. The Hall–Kier alpha value is -3.86. The highest BCUT2D eigenvalue weighted by molar-refractivity contribution is 6.06. The van der Waals surface area contributed by atoms with E-state index in [1.54, 1.807) is 0 Å². The van der Waals surface area contributed by atoms with Crippen LogP contribution in [0.4, 0.5) is 0 Å². The Morgan fingerprint density at radius 2 is 1.55 bits per heavy atom. The molecule has 1 unspecified atom stereocenters. The first-order chi connectivity index (χ1) is 15.1. The van der Waals surface area contributed by atoms with Gasteiger partial charge in [0.25, 0.3) is 5.91 Å². The molecule has 156 valence electrons. The molecule has 0 aliphatic heterocycles. The van der Waals surface area contributed by atoms with Crippen molar-refractivity contribution >= 4 is 22.8 Å². The Labute approximate surface area is 181 Å². The second kappa shape index (κ2) is 9.30. The van der Waals surface area contributed by atoms with Crippen LogP contribution in [0.2, 0.25) is 0 Å². The van der Waals surface area contributed by atoms with Crippen LogP contribution in [0.1, 0.15) is 33.2 Å². The van der Waals surface area contributed by atoms with Gasteiger partial charge in [0, 0.05) is 16.6 Å². The maximum atomic E-state index is 12.7. The molecule has 2 N–H and O–H groups in total. The average molecular weight is 412 g/mol. The highest BCUT2D eigenvalue weighted by atomic mass is 16.5. The van der Waals surface area contributed by atoms with Crippen molar-refractivity contribution in [3.05, 3.63) is 107 Å². The predicted molar refractivity (Wildman–Crippen MR) is 121 cm³/mol. The number of aromatic amines is 1. The van der Waals surface area contributed by atoms with Crippen LogP contribution in [0, 0.1) is 6.92 Å². The van der Waals surface area contributed by atoms with Gasteiger partial charge in [-0.05, 0) is 30.5 Å². The van der Waals surface area contributed by atoms with Crippen LogP contribution in [0.25, 0.3) is 10.9 Å². The Morgan fingerprint density at radius 1 is 0.903 bits per heavy atom. The van der Waals surface area contributed by atoms with E-state index in [1.165, 1.54) is 0 Å². The first-order valence-electron chi connectivity index (χ1n) is 10.2. The first kappa shape index (κ1) is 20.4. The molecule has 0 fully saturated rings. The molecular formula is C26H24N2O3. The van der Waals surface area contributed by atoms with E-state index >= 15 is 0 Å². The van der Waals surface area contributed by atoms with Gasteiger partial charge in [0.05, 0.1) is 11.6 Å². The molecule has 0 aliphatic rings. The van der Waals surface area contributed by atoms with Crippen molar-refractivity contribution in [1.82, 2.24) is 10.3 Å². The number of ether oxygens (including phenoxy) is 1. The summed E-state index contributed by atoms with van der Waals surface area (Å²) in [6.45, 7) is 1.48. The fraction of sp³-hybridized carbons (Fsp3) is 0.154. The van der Waals surface area contributed by atoms with Gasteiger partial charge in [-0.25, -0.2) is 4.79 Å². The molecule has 1 amide bonds. The summed E-state index contributed by atoms with van der Waals surface area (Å²) in [6.07, 6.45) is 0.645. The Kier molecular flexibility index (Phi) is 6.13. The molecule has 0 saturated heterocycles. The van der Waals surface area contributed by atoms with Crippen LogP contribution in [-0.4, -0.2) is 23.5 Å². The Morgan fingerprint density at radius 3 is 2.29 bits per heavy atom. The van der Waals surface area contributed by atoms with Gasteiger partial charge in [0.2, 0.25) is 0 Å². The summed E-state index contributed by atoms with van der Waals surface area (Å²) >= 11 is 0. The van der Waals surface area contributed by atoms with Gasteiger partial charge >= 0.3 is 5.97 Å². The lowest BCUT2D eigenvalue weighted by molar-refractivity contribution is -0.125. The number of carbonyl (C=O) groups excluding carboxylic acids is 2. The number of aromatic nitrogens is 1. The van der Waals surface area contributed by atoms with Crippen LogP contribution >= 0.6 is 0 Å². The number of para-hydroxylation sites is 1. The highest BCUT2D eigenvalue weighted by Crippen LogP contribution is 2.23. The van der Waals surface area contributed by atoms with Gasteiger partial charge in [-0.15, -0.1) is 0 Å². The quantitative estimate of drug-likeness (QED) is 0.431. The van der Waals surface area contributed by atoms with E-state index in [4.69, 9.17) is 4.74 Å². The van der Waals surface area contributed by atoms with Gasteiger partial charge in [-0.2, -0.15) is 0 Å². The van der Waals surface area contributed by atoms with Gasteiger partial charge in [0.15, 0.2) is 6.61 Å². The van der Waals surface area contributed by atoms with Crippen molar-refractivity contribution in [2.75, 3.05) is 6.61 Å². The molecule has 0 saturated carbocycles. The molecule has 5 nitrogen and oxygen atoms in total. The fourth-order valence-electron chi connectivity index (χ4n) is 3.77. The molecule has 4 aromatic rings. The number of nitrogens with one attached hydrogen (secondary N) is 2. The number of esters is 1. The number of H-pyrrole nitrogens is 1. The van der Waals surface area contributed by atoms with Crippen LogP contribution in [0.3, 0.4) is 0 Å². The number of hydrogen-bond acceptors (Lipinski definition) is 3. The third-order valence-electron chi connectivity index (χ3n) is 5.25. The zero-order chi connectivity index (χ0) is 21.6. The number of rotatable bonds is 7. The lowest BCUT2D eigenvalue weighted by Gasteiger charge is -2.19. The Balaban J connectivity index is 1.44. The standard InChI is InChI=1S/C26H24N2O3/c1-18-25(21-14-8-9-15-22(21)27-18)26(30)31-17-24(29)28-23(20-12-6-3-7-13-20)16-19-10-4-2-5-11-19/h2-15,23,27H,16-17H2,1H3,(H,28,29). The van der Waals surface area contributed by atoms with E-state index in [0.717, 1.165) is 27.7 Å². The summed E-state index contributed by atoms with van der Waals surface area (Å²) in [5, 5.41) is 3.80. The Bertz CT molecular complexity index is 1180. The van der Waals surface area contributed by atoms with Crippen molar-refractivity contribution in [3.8, 4) is 0 Å². The smallest absolute Gasteiger partial charge is 0.341 e. The minimum absolute atomic E-state index is 0.218. The van der Waals surface area contributed by atoms with Gasteiger partial charge in [-0.1, -0.05) is 78.9 Å². The zero-order valence-corrected chi connectivity index (χ0v) is 17.3. The van der Waals surface area contributed by atoms with Crippen LogP contribution < -0.4 is 5.32 Å². The monoisotopic (exact) mass is 412 g/mol. The molecule has 0 bridgehead atoms. The molecule has 0 spiro atoms. The molecule has 4 rings (SSSR count). The third kappa shape index (κ3) is 4.83. The van der Waals surface area contributed by atoms with Crippen molar-refractivity contribution < 1.29 is 14.3 Å². The normalized spacial score (nSPS) is 11.8. The second-order valence-corrected chi connectivity index (χ2v) is 7.47. The molecule has 3 aromatic carbocycles. The molecule has 1 heterocycles. The molecule has 1 atom stereocenters. The number of amides is 1. The van der Waals surface area contributed by atoms with E-state index < -0.39 is 5.97 Å². The SMILES string of the molecule is Cc1[nH]c2ccccc2c1C(=O)OCC(=O)NC(Cc1ccccc1)c1ccccc1. The van der Waals surface area contributed by atoms with Gasteiger partial charge < -0.3 is 15.0 Å². The molecule has 31 heavy (non-hydrogen) atoms. The van der Waals surface area contributed by atoms with Crippen LogP contribution in [0.15, 0.2) is 84.9 Å². The number of aryl methyl sites for hydroxylation is 1. The lowest BCUT2D eigenvalue weighted by atomic mass is 9.99. The second-order valence-electron chi connectivity index (χ2n) is 7.47. The lowest BCUT2D eigenvalue weighted by Crippen LogP contribution is -2.33. The highest BCUT2D eigenvalue weighted by Gasteiger charge is 2.20. The molecule has 0 radical (unpaired) electrons. The minimum Gasteiger partial charge on any atom is -0.452 e. The van der Waals surface area contributed by atoms with Crippen molar-refractivity contribution in [2.45, 2.75) is 19.4 Å². The number of carbonyl (C=O) groups is 2. The number of benzene rings is 3. The minimum atomic E-state index is -0.510. The van der Waals surface area contributed by atoms with E-state index in [-0.39, 0.29) is 18.6 Å². The van der Waals surface area contributed by atoms with Crippen molar-refractivity contribution in [2.24, 2.45) is 0 Å². The maximum absolute atomic E-state index is 12.7. The summed E-state index contributed by atoms with van der Waals surface area (Å²) in [6, 6.07) is 27.1. The number of fused-ring (bicyclic) bond motifs is 1. The van der Waals surface area contributed by atoms with Crippen LogP contribution in [0.5, 0.6) is 0 Å². The summed E-state index contributed by atoms with van der Waals surface area (Å²) in [7, 11) is 0. The average Bonchev–Trinajstić information content (AvgIpc) is 3.14. The fourth-order valence-corrected chi connectivity index (χ4v) is 3.77. The van der Waals surface area contributed by atoms with Crippen LogP contribution in [-0.2, 0) is 16.0 Å². The molecular weight excluding hydrogens is 388 g/mol. The van der Waals surface area contributed by atoms with E-state index in [9.17, 15) is 9.59 Å². The predicted octanol–water partition coefficient (Wildman–Crippen LogP) is 4.73. The third-order valence-corrected chi connectivity index (χ3v) is 5.25. The van der Waals surface area contributed by atoms with E-state index in [1.807, 2.05) is 91.9 Å². The van der Waals surface area contributed by atoms with Gasteiger partial charge in [0.1, 0.15) is 0 Å². The number of hydrogen-bond donors (Lipinski definition) is 2. The van der Waals surface area contributed by atoms with E-state index in [2.05, 4.69) is 10.3 Å². The molecule has 1 aromatic heterocycles. The largest absolute Gasteiger partial charge is 0.452 e. The summed E-state index contributed by atoms with van der Waals surface area (Å²) in [5.41, 5.74) is 4.16. The van der Waals surface area contributed by atoms with E-state index in [0.29, 0.717) is 12.0 Å². The summed E-state index contributed by atoms with van der Waals surface area (Å²) in [4.78, 5) is 28.5. The van der Waals surface area contributed by atoms with Crippen molar-refractivity contribution in [3.63, 3.8) is 0 Å². The van der Waals surface area contributed by atoms with Crippen molar-refractivity contribution in [1.29, 1.82) is 0 Å². The topological polar surface area (TPSA) is 71.2 Å². The molecule has 0 aliphatic carbocycles. The maximum Gasteiger partial charge on any atom is 0.341 e. The first-order valence-corrected chi connectivity index (χ1v) is 10.2. The molecule has 5 heteroatoms. The van der Waals surface area contributed by atoms with Gasteiger partial charge in [-0.3, -0.25) is 4.79 Å².